The molecule has 2 rings (SSSR count). The maximum absolute atomic E-state index is 13.3. The third-order valence-electron chi connectivity index (χ3n) is 3.41. The van der Waals surface area contributed by atoms with Gasteiger partial charge in [-0.25, -0.2) is 9.59 Å². The molecule has 1 aliphatic rings. The summed E-state index contributed by atoms with van der Waals surface area (Å²) in [5, 5.41) is 4.76. The molecule has 2 N–H and O–H groups in total. The quantitative estimate of drug-likeness (QED) is 0.829. The van der Waals surface area contributed by atoms with E-state index in [1.807, 2.05) is 0 Å². The number of nitrogens with one attached hydrogen (secondary N) is 2. The van der Waals surface area contributed by atoms with Gasteiger partial charge < -0.3 is 15.4 Å². The fraction of sp³-hybridized carbons (Fsp3) is 0.375. The maximum Gasteiger partial charge on any atom is 0.416 e. The van der Waals surface area contributed by atoms with Crippen LogP contribution < -0.4 is 10.6 Å². The molecule has 1 aromatic rings. The molecule has 1 aliphatic heterocycles. The zero-order chi connectivity index (χ0) is 18.1. The Morgan fingerprint density at radius 3 is 2.46 bits per heavy atom. The molecule has 130 valence electrons. The Balaban J connectivity index is 2.56. The third kappa shape index (κ3) is 3.69. The highest BCUT2D eigenvalue weighted by Gasteiger charge is 2.39. The van der Waals surface area contributed by atoms with Gasteiger partial charge in [-0.1, -0.05) is 18.2 Å². The molecule has 0 bridgehead atoms. The fourth-order valence-electron chi connectivity index (χ4n) is 2.48. The number of carbonyl (C=O) groups is 2. The van der Waals surface area contributed by atoms with E-state index in [2.05, 4.69) is 10.6 Å². The van der Waals surface area contributed by atoms with Crippen LogP contribution in [-0.4, -0.2) is 18.1 Å². The van der Waals surface area contributed by atoms with E-state index in [-0.39, 0.29) is 16.8 Å². The molecule has 0 unspecified atom stereocenters. The Labute approximate surface area is 136 Å². The molecular formula is C16H17F3N2O3. The van der Waals surface area contributed by atoms with E-state index >= 15 is 0 Å². The van der Waals surface area contributed by atoms with Crippen LogP contribution in [0.1, 0.15) is 37.9 Å². The van der Waals surface area contributed by atoms with E-state index in [4.69, 9.17) is 4.74 Å². The van der Waals surface area contributed by atoms with Crippen LogP contribution in [-0.2, 0) is 15.7 Å². The molecule has 0 aromatic heterocycles. The van der Waals surface area contributed by atoms with E-state index in [1.54, 1.807) is 13.8 Å². The summed E-state index contributed by atoms with van der Waals surface area (Å²) in [6.45, 7) is 4.70. The standard InChI is InChI=1S/C16H17F3N2O3/c1-8(2)24-14(22)12-9(3)20-15(23)21-13(12)10-6-4-5-7-11(10)16(17,18)19/h4-8,13H,1-3H3,(H2,20,21,23)/t13-/m1/s1. The van der Waals surface area contributed by atoms with Crippen molar-refractivity contribution in [3.05, 3.63) is 46.7 Å². The highest BCUT2D eigenvalue weighted by molar-refractivity contribution is 5.95. The molecule has 0 aliphatic carbocycles. The second-order valence-corrected chi connectivity index (χ2v) is 5.61. The summed E-state index contributed by atoms with van der Waals surface area (Å²) in [6.07, 6.45) is -5.07. The molecule has 1 heterocycles. The van der Waals surface area contributed by atoms with E-state index in [9.17, 15) is 22.8 Å². The Bertz CT molecular complexity index is 696. The third-order valence-corrected chi connectivity index (χ3v) is 3.41. The van der Waals surface area contributed by atoms with Crippen molar-refractivity contribution in [3.63, 3.8) is 0 Å². The number of hydrogen-bond donors (Lipinski definition) is 2. The molecule has 2 amide bonds. The van der Waals surface area contributed by atoms with Crippen LogP contribution in [0.15, 0.2) is 35.5 Å². The number of ether oxygens (including phenoxy) is 1. The lowest BCUT2D eigenvalue weighted by Gasteiger charge is -2.30. The number of urea groups is 1. The summed E-state index contributed by atoms with van der Waals surface area (Å²) >= 11 is 0. The van der Waals surface area contributed by atoms with Crippen LogP contribution in [0.25, 0.3) is 0 Å². The van der Waals surface area contributed by atoms with Crippen LogP contribution >= 0.6 is 0 Å². The second kappa shape index (κ2) is 6.54. The van der Waals surface area contributed by atoms with Gasteiger partial charge in [-0.15, -0.1) is 0 Å². The highest BCUT2D eigenvalue weighted by Crippen LogP contribution is 2.38. The van der Waals surface area contributed by atoms with Crippen molar-refractivity contribution in [2.24, 2.45) is 0 Å². The van der Waals surface area contributed by atoms with Crippen LogP contribution in [0.5, 0.6) is 0 Å². The van der Waals surface area contributed by atoms with Gasteiger partial charge in [-0.05, 0) is 32.4 Å². The summed E-state index contributed by atoms with van der Waals surface area (Å²) in [6, 6.07) is 2.87. The van der Waals surface area contributed by atoms with Crippen molar-refractivity contribution in [2.45, 2.75) is 39.1 Å². The summed E-state index contributed by atoms with van der Waals surface area (Å²) < 4.78 is 44.9. The lowest BCUT2D eigenvalue weighted by atomic mass is 9.91. The summed E-state index contributed by atoms with van der Waals surface area (Å²) in [5.41, 5.74) is -1.03. The predicted molar refractivity (Wildman–Crippen MR) is 79.8 cm³/mol. The number of esters is 1. The normalized spacial score (nSPS) is 18.3. The monoisotopic (exact) mass is 342 g/mol. The van der Waals surface area contributed by atoms with Crippen molar-refractivity contribution >= 4 is 12.0 Å². The minimum Gasteiger partial charge on any atom is -0.459 e. The molecule has 1 atom stereocenters. The molecule has 5 nitrogen and oxygen atoms in total. The summed E-state index contributed by atoms with van der Waals surface area (Å²) in [4.78, 5) is 24.0. The topological polar surface area (TPSA) is 67.4 Å². The Morgan fingerprint density at radius 2 is 1.88 bits per heavy atom. The summed E-state index contributed by atoms with van der Waals surface area (Å²) in [7, 11) is 0. The number of halogens is 3. The maximum atomic E-state index is 13.3. The van der Waals surface area contributed by atoms with Gasteiger partial charge in [-0.3, -0.25) is 0 Å². The number of carbonyl (C=O) groups excluding carboxylic acids is 2. The van der Waals surface area contributed by atoms with Gasteiger partial charge in [0.05, 0.1) is 23.3 Å². The van der Waals surface area contributed by atoms with Crippen LogP contribution in [0.3, 0.4) is 0 Å². The van der Waals surface area contributed by atoms with Gasteiger partial charge >= 0.3 is 18.2 Å². The van der Waals surface area contributed by atoms with E-state index < -0.39 is 35.9 Å². The lowest BCUT2D eigenvalue weighted by molar-refractivity contribution is -0.144. The van der Waals surface area contributed by atoms with E-state index in [0.717, 1.165) is 6.07 Å². The molecule has 0 saturated carbocycles. The predicted octanol–water partition coefficient (Wildman–Crippen LogP) is 3.28. The Morgan fingerprint density at radius 1 is 1.25 bits per heavy atom. The van der Waals surface area contributed by atoms with Gasteiger partial charge in [0.15, 0.2) is 0 Å². The zero-order valence-corrected chi connectivity index (χ0v) is 13.3. The lowest BCUT2D eigenvalue weighted by Crippen LogP contribution is -2.46. The molecule has 0 saturated heterocycles. The first-order chi connectivity index (χ1) is 11.1. The van der Waals surface area contributed by atoms with Gasteiger partial charge in [-0.2, -0.15) is 13.2 Å². The van der Waals surface area contributed by atoms with Crippen molar-refractivity contribution < 1.29 is 27.5 Å². The zero-order valence-electron chi connectivity index (χ0n) is 13.3. The van der Waals surface area contributed by atoms with E-state index in [1.165, 1.54) is 25.1 Å². The Kier molecular flexibility index (Phi) is 4.86. The fourth-order valence-corrected chi connectivity index (χ4v) is 2.48. The first-order valence-corrected chi connectivity index (χ1v) is 7.26. The number of rotatable bonds is 3. The van der Waals surface area contributed by atoms with Gasteiger partial charge in [0.2, 0.25) is 0 Å². The number of alkyl halides is 3. The first kappa shape index (κ1) is 17.8. The van der Waals surface area contributed by atoms with Gasteiger partial charge in [0.25, 0.3) is 0 Å². The van der Waals surface area contributed by atoms with Crippen molar-refractivity contribution in [2.75, 3.05) is 0 Å². The van der Waals surface area contributed by atoms with Crippen LogP contribution in [0, 0.1) is 0 Å². The molecule has 24 heavy (non-hydrogen) atoms. The largest absolute Gasteiger partial charge is 0.459 e. The number of benzene rings is 1. The van der Waals surface area contributed by atoms with Crippen LogP contribution in [0.4, 0.5) is 18.0 Å². The van der Waals surface area contributed by atoms with Crippen LogP contribution in [0.2, 0.25) is 0 Å². The average molecular weight is 342 g/mol. The van der Waals surface area contributed by atoms with Crippen molar-refractivity contribution in [3.8, 4) is 0 Å². The SMILES string of the molecule is CC1=C(C(=O)OC(C)C)[C@@H](c2ccccc2C(F)(F)F)NC(=O)N1. The second-order valence-electron chi connectivity index (χ2n) is 5.61. The molecule has 8 heteroatoms. The number of allylic oxidation sites excluding steroid dienone is 1. The highest BCUT2D eigenvalue weighted by atomic mass is 19.4. The molecule has 1 aromatic carbocycles. The molecule has 0 fully saturated rings. The molecule has 0 radical (unpaired) electrons. The smallest absolute Gasteiger partial charge is 0.416 e. The minimum atomic E-state index is -4.62. The molecule has 0 spiro atoms. The first-order valence-electron chi connectivity index (χ1n) is 7.26. The molecular weight excluding hydrogens is 325 g/mol. The van der Waals surface area contributed by atoms with E-state index in [0.29, 0.717) is 0 Å². The number of amides is 2. The minimum absolute atomic E-state index is 0.0556. The average Bonchev–Trinajstić information content (AvgIpc) is 2.44. The van der Waals surface area contributed by atoms with Gasteiger partial charge in [0.1, 0.15) is 0 Å². The number of hydrogen-bond acceptors (Lipinski definition) is 3. The summed E-state index contributed by atoms with van der Waals surface area (Å²) in [5.74, 6) is -0.781. The van der Waals surface area contributed by atoms with Crippen molar-refractivity contribution in [1.82, 2.24) is 10.6 Å². The van der Waals surface area contributed by atoms with Gasteiger partial charge in [0, 0.05) is 5.70 Å². The van der Waals surface area contributed by atoms with Crippen molar-refractivity contribution in [1.29, 1.82) is 0 Å². The Hall–Kier alpha value is -2.51.